The zero-order valence-electron chi connectivity index (χ0n) is 18.1. The minimum atomic E-state index is -0.224. The molecule has 6 rings (SSSR count). The van der Waals surface area contributed by atoms with Gasteiger partial charge in [0.15, 0.2) is 0 Å². The molecule has 0 radical (unpaired) electrons. The molecule has 0 saturated carbocycles. The Bertz CT molecular complexity index is 1170. The normalized spacial score (nSPS) is 23.6. The molecule has 6 heteroatoms. The lowest BCUT2D eigenvalue weighted by molar-refractivity contribution is -0.0392. The van der Waals surface area contributed by atoms with Crippen molar-refractivity contribution in [3.8, 4) is 5.69 Å². The van der Waals surface area contributed by atoms with Crippen LogP contribution in [0.25, 0.3) is 5.69 Å². The number of H-pyrrole nitrogens is 1. The van der Waals surface area contributed by atoms with Crippen molar-refractivity contribution >= 4 is 11.6 Å². The number of hydrogen-bond acceptors (Lipinski definition) is 3. The van der Waals surface area contributed by atoms with Crippen LogP contribution in [0, 0.1) is 13.8 Å². The lowest BCUT2D eigenvalue weighted by Gasteiger charge is -2.41. The number of aryl methyl sites for hydroxylation is 2. The first-order chi connectivity index (χ1) is 15.0. The van der Waals surface area contributed by atoms with E-state index in [1.165, 1.54) is 11.4 Å². The van der Waals surface area contributed by atoms with E-state index in [1.54, 1.807) is 0 Å². The molecule has 3 aliphatic rings. The maximum Gasteiger partial charge on any atom is 0.255 e. The van der Waals surface area contributed by atoms with Gasteiger partial charge in [-0.2, -0.15) is 0 Å². The highest BCUT2D eigenvalue weighted by molar-refractivity contribution is 5.95. The molecular formula is C25H28N4O2. The van der Waals surface area contributed by atoms with Gasteiger partial charge >= 0.3 is 0 Å². The number of anilines is 1. The monoisotopic (exact) mass is 416 g/mol. The highest BCUT2D eigenvalue weighted by atomic mass is 16.5. The van der Waals surface area contributed by atoms with Crippen molar-refractivity contribution in [2.45, 2.75) is 44.2 Å². The predicted molar refractivity (Wildman–Crippen MR) is 120 cm³/mol. The van der Waals surface area contributed by atoms with Gasteiger partial charge in [0.05, 0.1) is 34.8 Å². The number of nitrogens with zero attached hydrogens (tertiary/aromatic N) is 2. The molecule has 31 heavy (non-hydrogen) atoms. The fourth-order valence-corrected chi connectivity index (χ4v) is 5.82. The average molecular weight is 417 g/mol. The number of carbonyl (C=O) groups excluding carboxylic acids is 1. The van der Waals surface area contributed by atoms with Crippen molar-refractivity contribution < 1.29 is 9.53 Å². The minimum Gasteiger partial charge on any atom is -0.372 e. The summed E-state index contributed by atoms with van der Waals surface area (Å²) < 4.78 is 8.85. The first kappa shape index (κ1) is 18.8. The summed E-state index contributed by atoms with van der Waals surface area (Å²) in [6, 6.07) is 14.7. The molecule has 6 nitrogen and oxygen atoms in total. The second-order valence-electron chi connectivity index (χ2n) is 9.42. The number of aromatic amines is 1. The smallest absolute Gasteiger partial charge is 0.255 e. The maximum absolute atomic E-state index is 13.0. The zero-order valence-corrected chi connectivity index (χ0v) is 18.1. The van der Waals surface area contributed by atoms with Gasteiger partial charge < -0.3 is 24.5 Å². The van der Waals surface area contributed by atoms with Crippen LogP contribution in [0.5, 0.6) is 0 Å². The molecule has 1 amide bonds. The zero-order chi connectivity index (χ0) is 21.2. The number of hydrogen-bond donors (Lipinski definition) is 2. The Hall–Kier alpha value is -2.99. The summed E-state index contributed by atoms with van der Waals surface area (Å²) in [5.74, 6) is 0.128. The van der Waals surface area contributed by atoms with Crippen LogP contribution >= 0.6 is 0 Å². The molecule has 2 aromatic heterocycles. The molecule has 2 N–H and O–H groups in total. The third-order valence-electron chi connectivity index (χ3n) is 7.37. The summed E-state index contributed by atoms with van der Waals surface area (Å²) in [4.78, 5) is 18.3. The number of rotatable bonds is 1. The van der Waals surface area contributed by atoms with Crippen LogP contribution in [-0.4, -0.2) is 45.7 Å². The third-order valence-corrected chi connectivity index (χ3v) is 7.37. The molecule has 0 unspecified atom stereocenters. The van der Waals surface area contributed by atoms with E-state index in [1.807, 2.05) is 24.8 Å². The second kappa shape index (κ2) is 6.50. The Labute approximate surface area is 182 Å². The van der Waals surface area contributed by atoms with E-state index in [9.17, 15) is 4.79 Å². The van der Waals surface area contributed by atoms with E-state index in [-0.39, 0.29) is 17.0 Å². The lowest BCUT2D eigenvalue weighted by atomic mass is 9.79. The Morgan fingerprint density at radius 1 is 1.10 bits per heavy atom. The first-order valence-corrected chi connectivity index (χ1v) is 11.1. The fraction of sp³-hybridized carbons (Fsp3) is 0.400. The van der Waals surface area contributed by atoms with Crippen LogP contribution in [0.3, 0.4) is 0 Å². The molecule has 3 aliphatic heterocycles. The molecule has 2 spiro atoms. The van der Waals surface area contributed by atoms with Gasteiger partial charge in [0, 0.05) is 37.1 Å². The van der Waals surface area contributed by atoms with Gasteiger partial charge in [0.25, 0.3) is 5.91 Å². The molecule has 2 fully saturated rings. The summed E-state index contributed by atoms with van der Waals surface area (Å²) >= 11 is 0. The molecular weight excluding hydrogens is 388 g/mol. The maximum atomic E-state index is 13.0. The van der Waals surface area contributed by atoms with Crippen LogP contribution in [0.2, 0.25) is 0 Å². The molecule has 1 aromatic carbocycles. The van der Waals surface area contributed by atoms with Gasteiger partial charge in [0.1, 0.15) is 5.54 Å². The van der Waals surface area contributed by atoms with Crippen molar-refractivity contribution in [2.24, 2.45) is 0 Å². The van der Waals surface area contributed by atoms with Crippen molar-refractivity contribution in [1.82, 2.24) is 14.5 Å². The number of aromatic nitrogens is 2. The molecule has 3 aromatic rings. The van der Waals surface area contributed by atoms with Crippen LogP contribution < -0.4 is 5.32 Å². The van der Waals surface area contributed by atoms with Crippen LogP contribution in [0.1, 0.15) is 46.7 Å². The number of likely N-dealkylation sites (tertiary alicyclic amines) is 1. The number of nitrogens with one attached hydrogen (secondary N) is 2. The number of para-hydroxylation sites is 2. The number of benzene rings is 1. The first-order valence-electron chi connectivity index (χ1n) is 11.1. The Balaban J connectivity index is 1.23. The number of fused-ring (bicyclic) bond motifs is 4. The average Bonchev–Trinajstić information content (AvgIpc) is 3.47. The molecule has 0 aliphatic carbocycles. The SMILES string of the molecule is Cc1cc(C(=O)N2CCC3(CC2)C[C@@]2(CO3)Nc3ccccc3-n3cccc32)c(C)[nH]1. The molecule has 160 valence electrons. The number of piperidine rings is 1. The van der Waals surface area contributed by atoms with E-state index in [2.05, 4.69) is 57.5 Å². The molecule has 5 heterocycles. The van der Waals surface area contributed by atoms with Crippen molar-refractivity contribution in [2.75, 3.05) is 25.0 Å². The van der Waals surface area contributed by atoms with E-state index >= 15 is 0 Å². The van der Waals surface area contributed by atoms with Crippen molar-refractivity contribution in [3.05, 3.63) is 71.3 Å². The van der Waals surface area contributed by atoms with E-state index < -0.39 is 0 Å². The quantitative estimate of drug-likeness (QED) is 0.627. The second-order valence-corrected chi connectivity index (χ2v) is 9.42. The van der Waals surface area contributed by atoms with Crippen molar-refractivity contribution in [3.63, 3.8) is 0 Å². The third kappa shape index (κ3) is 2.78. The summed E-state index contributed by atoms with van der Waals surface area (Å²) in [5.41, 5.74) is 5.96. The number of ether oxygens (including phenoxy) is 1. The van der Waals surface area contributed by atoms with Crippen LogP contribution in [0.4, 0.5) is 5.69 Å². The Morgan fingerprint density at radius 2 is 1.90 bits per heavy atom. The van der Waals surface area contributed by atoms with Crippen LogP contribution in [0.15, 0.2) is 48.7 Å². The van der Waals surface area contributed by atoms with Gasteiger partial charge in [-0.25, -0.2) is 0 Å². The largest absolute Gasteiger partial charge is 0.372 e. The Kier molecular flexibility index (Phi) is 3.93. The summed E-state index contributed by atoms with van der Waals surface area (Å²) in [5, 5.41) is 3.83. The summed E-state index contributed by atoms with van der Waals surface area (Å²) in [6.07, 6.45) is 4.80. The minimum absolute atomic E-state index is 0.128. The highest BCUT2D eigenvalue weighted by Crippen LogP contribution is 2.50. The summed E-state index contributed by atoms with van der Waals surface area (Å²) in [6.45, 7) is 6.07. The molecule has 2 saturated heterocycles. The van der Waals surface area contributed by atoms with E-state index in [0.717, 1.165) is 55.0 Å². The molecule has 0 bridgehead atoms. The van der Waals surface area contributed by atoms with Crippen molar-refractivity contribution in [1.29, 1.82) is 0 Å². The highest BCUT2D eigenvalue weighted by Gasteiger charge is 2.54. The Morgan fingerprint density at radius 3 is 2.68 bits per heavy atom. The fourth-order valence-electron chi connectivity index (χ4n) is 5.82. The van der Waals surface area contributed by atoms with Crippen LogP contribution in [-0.2, 0) is 10.3 Å². The lowest BCUT2D eigenvalue weighted by Crippen LogP contribution is -2.48. The van der Waals surface area contributed by atoms with Gasteiger partial charge in [-0.15, -0.1) is 0 Å². The standard InChI is InChI=1S/C25H28N4O2/c1-17-14-19(18(2)26-17)23(30)28-12-9-24(10-13-28)15-25(16-31-24)22-8-5-11-29(22)21-7-4-3-6-20(21)27-25/h3-8,11,14,26-27H,9-10,12-13,15-16H2,1-2H3/t25-/m0/s1. The number of amides is 1. The number of carbonyl (C=O) groups is 1. The topological polar surface area (TPSA) is 62.3 Å². The van der Waals surface area contributed by atoms with Gasteiger partial charge in [-0.05, 0) is 57.0 Å². The van der Waals surface area contributed by atoms with E-state index in [4.69, 9.17) is 4.74 Å². The summed E-state index contributed by atoms with van der Waals surface area (Å²) in [7, 11) is 0. The van der Waals surface area contributed by atoms with Gasteiger partial charge in [-0.3, -0.25) is 4.79 Å². The molecule has 1 atom stereocenters. The van der Waals surface area contributed by atoms with Gasteiger partial charge in [-0.1, -0.05) is 12.1 Å². The van der Waals surface area contributed by atoms with E-state index in [0.29, 0.717) is 6.61 Å². The predicted octanol–water partition coefficient (Wildman–Crippen LogP) is 4.14. The van der Waals surface area contributed by atoms with Gasteiger partial charge in [0.2, 0.25) is 0 Å².